The molecule has 0 bridgehead atoms. The van der Waals surface area contributed by atoms with Gasteiger partial charge in [-0.05, 0) is 73.4 Å². The fraction of sp³-hybridized carbons (Fsp3) is 0.227. The van der Waals surface area contributed by atoms with Crippen molar-refractivity contribution in [3.8, 4) is 0 Å². The quantitative estimate of drug-likeness (QED) is 0.562. The van der Waals surface area contributed by atoms with E-state index in [4.69, 9.17) is 0 Å². The Hall–Kier alpha value is -2.93. The maximum absolute atomic E-state index is 13.0. The molecule has 2 fully saturated rings. The molecule has 0 spiro atoms. The first-order valence-corrected chi connectivity index (χ1v) is 10.3. The van der Waals surface area contributed by atoms with Gasteiger partial charge in [-0.25, -0.2) is 9.69 Å². The number of halogens is 1. The highest BCUT2D eigenvalue weighted by molar-refractivity contribution is 9.10. The third kappa shape index (κ3) is 3.82. The van der Waals surface area contributed by atoms with Crippen LogP contribution in [0.5, 0.6) is 0 Å². The summed E-state index contributed by atoms with van der Waals surface area (Å²) in [5.41, 5.74) is 3.34. The van der Waals surface area contributed by atoms with Gasteiger partial charge in [-0.1, -0.05) is 22.0 Å². The van der Waals surface area contributed by atoms with Crippen LogP contribution >= 0.6 is 15.9 Å². The average molecular weight is 454 g/mol. The van der Waals surface area contributed by atoms with E-state index in [1.807, 2.05) is 25.1 Å². The molecule has 0 unspecified atom stereocenters. The van der Waals surface area contributed by atoms with Gasteiger partial charge >= 0.3 is 6.03 Å². The Labute approximate surface area is 177 Å². The van der Waals surface area contributed by atoms with Crippen LogP contribution in [0.1, 0.15) is 24.0 Å². The minimum absolute atomic E-state index is 0.0687. The molecule has 2 aliphatic rings. The summed E-state index contributed by atoms with van der Waals surface area (Å²) in [7, 11) is 0. The van der Waals surface area contributed by atoms with Crippen molar-refractivity contribution in [3.63, 3.8) is 0 Å². The number of benzene rings is 2. The predicted octanol–water partition coefficient (Wildman–Crippen LogP) is 4.02. The van der Waals surface area contributed by atoms with Crippen LogP contribution in [0, 0.1) is 6.92 Å². The molecule has 0 radical (unpaired) electrons. The van der Waals surface area contributed by atoms with Crippen LogP contribution in [0.2, 0.25) is 0 Å². The molecule has 2 aromatic rings. The van der Waals surface area contributed by atoms with Crippen molar-refractivity contribution in [1.29, 1.82) is 0 Å². The Morgan fingerprint density at radius 2 is 1.69 bits per heavy atom. The van der Waals surface area contributed by atoms with E-state index in [1.54, 1.807) is 24.3 Å². The Bertz CT molecular complexity index is 1020. The van der Waals surface area contributed by atoms with E-state index in [1.165, 1.54) is 24.6 Å². The highest BCUT2D eigenvalue weighted by Crippen LogP contribution is 2.27. The van der Waals surface area contributed by atoms with Crippen LogP contribution in [0.15, 0.2) is 52.5 Å². The Balaban J connectivity index is 1.65. The van der Waals surface area contributed by atoms with E-state index in [2.05, 4.69) is 26.1 Å². The van der Waals surface area contributed by atoms with Gasteiger partial charge in [0.05, 0.1) is 5.69 Å². The molecular formula is C22H20BrN3O3. The molecule has 2 heterocycles. The molecule has 0 aromatic heterocycles. The van der Waals surface area contributed by atoms with E-state index in [0.29, 0.717) is 5.69 Å². The van der Waals surface area contributed by atoms with Crippen LogP contribution in [0.4, 0.5) is 16.2 Å². The molecule has 2 aliphatic heterocycles. The van der Waals surface area contributed by atoms with Gasteiger partial charge in [0.1, 0.15) is 5.57 Å². The Morgan fingerprint density at radius 3 is 2.34 bits per heavy atom. The number of aryl methyl sites for hydroxylation is 1. The highest BCUT2D eigenvalue weighted by Gasteiger charge is 2.36. The number of hydrogen-bond acceptors (Lipinski definition) is 4. The van der Waals surface area contributed by atoms with Gasteiger partial charge in [-0.2, -0.15) is 0 Å². The maximum Gasteiger partial charge on any atom is 0.335 e. The summed E-state index contributed by atoms with van der Waals surface area (Å²) < 4.78 is 0.825. The SMILES string of the molecule is Cc1cc(/C=C2/C(=O)NC(=O)N(c3ccc(Br)cc3)C2=O)ccc1N1CCCC1. The summed E-state index contributed by atoms with van der Waals surface area (Å²) in [4.78, 5) is 40.9. The van der Waals surface area contributed by atoms with Crippen LogP contribution in [0.3, 0.4) is 0 Å². The molecule has 148 valence electrons. The van der Waals surface area contributed by atoms with E-state index in [-0.39, 0.29) is 5.57 Å². The topological polar surface area (TPSA) is 69.7 Å². The van der Waals surface area contributed by atoms with Gasteiger partial charge in [0.25, 0.3) is 11.8 Å². The monoisotopic (exact) mass is 453 g/mol. The fourth-order valence-electron chi connectivity index (χ4n) is 3.73. The first kappa shape index (κ1) is 19.4. The van der Waals surface area contributed by atoms with E-state index < -0.39 is 17.8 Å². The minimum atomic E-state index is -0.750. The molecule has 2 saturated heterocycles. The molecule has 6 nitrogen and oxygen atoms in total. The number of imide groups is 2. The second-order valence-corrected chi connectivity index (χ2v) is 8.09. The van der Waals surface area contributed by atoms with Crippen LogP contribution in [-0.2, 0) is 9.59 Å². The number of barbiturate groups is 1. The molecule has 0 atom stereocenters. The first-order valence-electron chi connectivity index (χ1n) is 9.46. The molecular weight excluding hydrogens is 434 g/mol. The number of rotatable bonds is 3. The smallest absolute Gasteiger partial charge is 0.335 e. The van der Waals surface area contributed by atoms with Crippen LogP contribution < -0.4 is 15.1 Å². The zero-order chi connectivity index (χ0) is 20.5. The standard InChI is InChI=1S/C22H20BrN3O3/c1-14-12-15(4-9-19(14)25-10-2-3-11-25)13-18-20(27)24-22(29)26(21(18)28)17-7-5-16(23)6-8-17/h4-9,12-13H,2-3,10-11H2,1H3,(H,24,27,29)/b18-13-. The lowest BCUT2D eigenvalue weighted by molar-refractivity contribution is -0.122. The van der Waals surface area contributed by atoms with Gasteiger partial charge in [0.15, 0.2) is 0 Å². The van der Waals surface area contributed by atoms with E-state index in [0.717, 1.165) is 33.6 Å². The van der Waals surface area contributed by atoms with Crippen molar-refractivity contribution < 1.29 is 14.4 Å². The largest absolute Gasteiger partial charge is 0.371 e. The normalized spacial score (nSPS) is 18.6. The molecule has 29 heavy (non-hydrogen) atoms. The van der Waals surface area contributed by atoms with Gasteiger partial charge < -0.3 is 4.90 Å². The summed E-state index contributed by atoms with van der Waals surface area (Å²) in [5, 5.41) is 2.25. The summed E-state index contributed by atoms with van der Waals surface area (Å²) in [5.74, 6) is -1.32. The van der Waals surface area contributed by atoms with Crippen molar-refractivity contribution in [3.05, 3.63) is 63.6 Å². The average Bonchev–Trinajstić information content (AvgIpc) is 3.21. The number of carbonyl (C=O) groups is 3. The highest BCUT2D eigenvalue weighted by atomic mass is 79.9. The number of nitrogens with one attached hydrogen (secondary N) is 1. The summed E-state index contributed by atoms with van der Waals surface area (Å²) in [6, 6.07) is 11.9. The Kier molecular flexibility index (Phi) is 5.24. The molecule has 0 saturated carbocycles. The third-order valence-electron chi connectivity index (χ3n) is 5.17. The van der Waals surface area contributed by atoms with Gasteiger partial charge in [0.2, 0.25) is 0 Å². The Morgan fingerprint density at radius 1 is 1.00 bits per heavy atom. The predicted molar refractivity (Wildman–Crippen MR) is 116 cm³/mol. The first-order chi connectivity index (χ1) is 13.9. The van der Waals surface area contributed by atoms with Gasteiger partial charge in [0, 0.05) is 23.2 Å². The lowest BCUT2D eigenvalue weighted by Crippen LogP contribution is -2.54. The number of hydrogen-bond donors (Lipinski definition) is 1. The molecule has 4 rings (SSSR count). The number of nitrogens with zero attached hydrogens (tertiary/aromatic N) is 2. The maximum atomic E-state index is 13.0. The molecule has 0 aliphatic carbocycles. The number of amides is 4. The van der Waals surface area contributed by atoms with Crippen molar-refractivity contribution >= 4 is 51.2 Å². The van der Waals surface area contributed by atoms with Crippen molar-refractivity contribution in [1.82, 2.24) is 5.32 Å². The van der Waals surface area contributed by atoms with E-state index >= 15 is 0 Å². The molecule has 7 heteroatoms. The van der Waals surface area contributed by atoms with E-state index in [9.17, 15) is 14.4 Å². The second-order valence-electron chi connectivity index (χ2n) is 7.17. The lowest BCUT2D eigenvalue weighted by atomic mass is 10.0. The van der Waals surface area contributed by atoms with Crippen LogP contribution in [0.25, 0.3) is 6.08 Å². The zero-order valence-corrected chi connectivity index (χ0v) is 17.5. The van der Waals surface area contributed by atoms with Crippen molar-refractivity contribution in [2.75, 3.05) is 22.9 Å². The lowest BCUT2D eigenvalue weighted by Gasteiger charge is -2.26. The molecule has 1 N–H and O–H groups in total. The molecule has 2 aromatic carbocycles. The molecule has 4 amide bonds. The fourth-order valence-corrected chi connectivity index (χ4v) is 3.99. The zero-order valence-electron chi connectivity index (χ0n) is 15.9. The third-order valence-corrected chi connectivity index (χ3v) is 5.69. The number of urea groups is 1. The number of carbonyl (C=O) groups excluding carboxylic acids is 3. The minimum Gasteiger partial charge on any atom is -0.371 e. The summed E-state index contributed by atoms with van der Waals surface area (Å²) in [6.45, 7) is 4.12. The van der Waals surface area contributed by atoms with Crippen LogP contribution in [-0.4, -0.2) is 30.9 Å². The summed E-state index contributed by atoms with van der Waals surface area (Å²) >= 11 is 3.33. The van der Waals surface area contributed by atoms with Crippen molar-refractivity contribution in [2.45, 2.75) is 19.8 Å². The van der Waals surface area contributed by atoms with Gasteiger partial charge in [-0.15, -0.1) is 0 Å². The second kappa shape index (κ2) is 7.83. The van der Waals surface area contributed by atoms with Crippen molar-refractivity contribution in [2.24, 2.45) is 0 Å². The van der Waals surface area contributed by atoms with Gasteiger partial charge in [-0.3, -0.25) is 14.9 Å². The summed E-state index contributed by atoms with van der Waals surface area (Å²) in [6.07, 6.45) is 3.93. The number of anilines is 2.